The number of carboxylic acid groups (broad SMARTS) is 1. The Morgan fingerprint density at radius 1 is 1.19 bits per heavy atom. The van der Waals surface area contributed by atoms with Gasteiger partial charge in [-0.3, -0.25) is 9.59 Å². The van der Waals surface area contributed by atoms with Gasteiger partial charge in [0.2, 0.25) is 5.91 Å². The fourth-order valence-corrected chi connectivity index (χ4v) is 4.09. The number of hydrogen-bond donors (Lipinski definition) is 2. The Morgan fingerprint density at radius 3 is 2.44 bits per heavy atom. The lowest BCUT2D eigenvalue weighted by Crippen LogP contribution is -2.55. The molecule has 1 aromatic rings. The standard InChI is InChI=1S/C20H26N2O5/c1-13-11-15(3-4-16(13)23)18(25)21-9-7-20(8-10-21)6-5-17(24)22(12-20)14(2)19(26)27/h3-4,11,14,23H,5-10,12H2,1-2H3,(H,26,27)/t14-/m1/s1. The quantitative estimate of drug-likeness (QED) is 0.843. The second kappa shape index (κ2) is 7.21. The van der Waals surface area contributed by atoms with Crippen LogP contribution in [0.5, 0.6) is 5.75 Å². The van der Waals surface area contributed by atoms with Gasteiger partial charge in [0.05, 0.1) is 0 Å². The van der Waals surface area contributed by atoms with E-state index in [4.69, 9.17) is 0 Å². The smallest absolute Gasteiger partial charge is 0.326 e. The molecule has 7 nitrogen and oxygen atoms in total. The summed E-state index contributed by atoms with van der Waals surface area (Å²) in [7, 11) is 0. The molecule has 2 aliphatic heterocycles. The first kappa shape index (κ1) is 19.2. The zero-order chi connectivity index (χ0) is 19.8. The van der Waals surface area contributed by atoms with Crippen molar-refractivity contribution in [1.82, 2.24) is 9.80 Å². The first-order valence-electron chi connectivity index (χ1n) is 9.34. The lowest BCUT2D eigenvalue weighted by molar-refractivity contribution is -0.154. The lowest BCUT2D eigenvalue weighted by Gasteiger charge is -2.48. The van der Waals surface area contributed by atoms with Crippen LogP contribution in [0.1, 0.15) is 48.5 Å². The topological polar surface area (TPSA) is 98.2 Å². The Hall–Kier alpha value is -2.57. The normalized spacial score (nSPS) is 20.6. The van der Waals surface area contributed by atoms with Crippen LogP contribution < -0.4 is 0 Å². The van der Waals surface area contributed by atoms with Gasteiger partial charge in [-0.05, 0) is 62.3 Å². The zero-order valence-electron chi connectivity index (χ0n) is 15.8. The van der Waals surface area contributed by atoms with Crippen molar-refractivity contribution in [3.8, 4) is 5.75 Å². The number of benzene rings is 1. The average Bonchev–Trinajstić information content (AvgIpc) is 2.65. The van der Waals surface area contributed by atoms with Crippen molar-refractivity contribution in [1.29, 1.82) is 0 Å². The van der Waals surface area contributed by atoms with E-state index < -0.39 is 12.0 Å². The van der Waals surface area contributed by atoms with Crippen LogP contribution in [0.2, 0.25) is 0 Å². The number of piperidine rings is 2. The Labute approximate surface area is 158 Å². The van der Waals surface area contributed by atoms with Crippen LogP contribution in [0.4, 0.5) is 0 Å². The number of amides is 2. The van der Waals surface area contributed by atoms with E-state index >= 15 is 0 Å². The van der Waals surface area contributed by atoms with E-state index in [9.17, 15) is 24.6 Å². The first-order chi connectivity index (χ1) is 12.7. The molecule has 0 radical (unpaired) electrons. The third kappa shape index (κ3) is 3.77. The molecule has 2 saturated heterocycles. The summed E-state index contributed by atoms with van der Waals surface area (Å²) in [6, 6.07) is 4.03. The molecule has 0 aromatic heterocycles. The number of carbonyl (C=O) groups is 3. The lowest BCUT2D eigenvalue weighted by atomic mass is 9.72. The van der Waals surface area contributed by atoms with E-state index in [1.54, 1.807) is 30.9 Å². The second-order valence-corrected chi connectivity index (χ2v) is 7.83. The van der Waals surface area contributed by atoms with Gasteiger partial charge in [0, 0.05) is 31.6 Å². The van der Waals surface area contributed by atoms with E-state index in [0.717, 1.165) is 19.3 Å². The minimum absolute atomic E-state index is 0.0596. The number of aryl methyl sites for hydroxylation is 1. The molecule has 0 unspecified atom stereocenters. The molecule has 1 aromatic carbocycles. The first-order valence-corrected chi connectivity index (χ1v) is 9.34. The summed E-state index contributed by atoms with van der Waals surface area (Å²) in [6.45, 7) is 4.92. The maximum absolute atomic E-state index is 12.8. The van der Waals surface area contributed by atoms with Gasteiger partial charge in [0.25, 0.3) is 5.91 Å². The highest BCUT2D eigenvalue weighted by atomic mass is 16.4. The van der Waals surface area contributed by atoms with Crippen LogP contribution in [-0.2, 0) is 9.59 Å². The Kier molecular flexibility index (Phi) is 5.13. The maximum Gasteiger partial charge on any atom is 0.326 e. The molecular formula is C20H26N2O5. The van der Waals surface area contributed by atoms with E-state index in [0.29, 0.717) is 37.2 Å². The summed E-state index contributed by atoms with van der Waals surface area (Å²) >= 11 is 0. The molecule has 1 atom stereocenters. The minimum Gasteiger partial charge on any atom is -0.508 e. The van der Waals surface area contributed by atoms with E-state index in [-0.39, 0.29) is 23.0 Å². The zero-order valence-corrected chi connectivity index (χ0v) is 15.8. The summed E-state index contributed by atoms with van der Waals surface area (Å²) in [6.07, 6.45) is 2.62. The summed E-state index contributed by atoms with van der Waals surface area (Å²) < 4.78 is 0. The molecule has 2 amide bonds. The highest BCUT2D eigenvalue weighted by Gasteiger charge is 2.43. The number of nitrogens with zero attached hydrogens (tertiary/aromatic N) is 2. The molecule has 0 aliphatic carbocycles. The molecular weight excluding hydrogens is 348 g/mol. The van der Waals surface area contributed by atoms with Gasteiger partial charge in [-0.1, -0.05) is 0 Å². The highest BCUT2D eigenvalue weighted by Crippen LogP contribution is 2.41. The molecule has 27 heavy (non-hydrogen) atoms. The molecule has 0 saturated carbocycles. The number of aromatic hydroxyl groups is 1. The molecule has 1 spiro atoms. The number of phenolic OH excluding ortho intramolecular Hbond substituents is 1. The summed E-state index contributed by atoms with van der Waals surface area (Å²) in [5.41, 5.74) is 1.11. The van der Waals surface area contributed by atoms with Gasteiger partial charge in [-0.25, -0.2) is 4.79 Å². The van der Waals surface area contributed by atoms with Crippen LogP contribution in [-0.4, -0.2) is 63.5 Å². The van der Waals surface area contributed by atoms with Crippen LogP contribution in [0.15, 0.2) is 18.2 Å². The van der Waals surface area contributed by atoms with Gasteiger partial charge in [-0.15, -0.1) is 0 Å². The van der Waals surface area contributed by atoms with E-state index in [2.05, 4.69) is 0 Å². The number of phenols is 1. The van der Waals surface area contributed by atoms with Gasteiger partial charge in [0.15, 0.2) is 0 Å². The van der Waals surface area contributed by atoms with Crippen molar-refractivity contribution in [2.75, 3.05) is 19.6 Å². The van der Waals surface area contributed by atoms with Crippen LogP contribution >= 0.6 is 0 Å². The molecule has 2 fully saturated rings. The molecule has 2 N–H and O–H groups in total. The Bertz CT molecular complexity index is 768. The van der Waals surface area contributed by atoms with Crippen molar-refractivity contribution < 1.29 is 24.6 Å². The van der Waals surface area contributed by atoms with Crippen LogP contribution in [0.25, 0.3) is 0 Å². The van der Waals surface area contributed by atoms with Crippen molar-refractivity contribution in [2.24, 2.45) is 5.41 Å². The predicted molar refractivity (Wildman–Crippen MR) is 98.5 cm³/mol. The molecule has 2 aliphatic rings. The molecule has 146 valence electrons. The fraction of sp³-hybridized carbons (Fsp3) is 0.550. The van der Waals surface area contributed by atoms with Gasteiger partial charge in [0.1, 0.15) is 11.8 Å². The fourth-order valence-electron chi connectivity index (χ4n) is 4.09. The summed E-state index contributed by atoms with van der Waals surface area (Å²) in [4.78, 5) is 39.5. The Balaban J connectivity index is 1.67. The van der Waals surface area contributed by atoms with Gasteiger partial charge < -0.3 is 20.0 Å². The minimum atomic E-state index is -0.990. The maximum atomic E-state index is 12.8. The van der Waals surface area contributed by atoms with Gasteiger partial charge in [-0.2, -0.15) is 0 Å². The largest absolute Gasteiger partial charge is 0.508 e. The van der Waals surface area contributed by atoms with Crippen molar-refractivity contribution in [2.45, 2.75) is 45.6 Å². The third-order valence-corrected chi connectivity index (χ3v) is 6.08. The second-order valence-electron chi connectivity index (χ2n) is 7.83. The monoisotopic (exact) mass is 374 g/mol. The van der Waals surface area contributed by atoms with Crippen molar-refractivity contribution in [3.63, 3.8) is 0 Å². The highest BCUT2D eigenvalue weighted by molar-refractivity contribution is 5.94. The van der Waals surface area contributed by atoms with Crippen molar-refractivity contribution in [3.05, 3.63) is 29.3 Å². The average molecular weight is 374 g/mol. The molecule has 3 rings (SSSR count). The van der Waals surface area contributed by atoms with Crippen LogP contribution in [0, 0.1) is 12.3 Å². The summed E-state index contributed by atoms with van der Waals surface area (Å²) in [5.74, 6) is -0.983. The molecule has 7 heteroatoms. The number of rotatable bonds is 3. The Morgan fingerprint density at radius 2 is 1.85 bits per heavy atom. The molecule has 0 bridgehead atoms. The number of carboxylic acids is 1. The van der Waals surface area contributed by atoms with E-state index in [1.165, 1.54) is 11.0 Å². The summed E-state index contributed by atoms with van der Waals surface area (Å²) in [5, 5.41) is 18.9. The van der Waals surface area contributed by atoms with Crippen LogP contribution in [0.3, 0.4) is 0 Å². The van der Waals surface area contributed by atoms with Crippen molar-refractivity contribution >= 4 is 17.8 Å². The third-order valence-electron chi connectivity index (χ3n) is 6.08. The SMILES string of the molecule is Cc1cc(C(=O)N2CCC3(CCC(=O)N([C@H](C)C(=O)O)C3)CC2)ccc1O. The number of aliphatic carboxylic acids is 1. The number of hydrogen-bond acceptors (Lipinski definition) is 4. The molecule has 2 heterocycles. The number of carbonyl (C=O) groups excluding carboxylic acids is 2. The van der Waals surface area contributed by atoms with Gasteiger partial charge >= 0.3 is 5.97 Å². The number of likely N-dealkylation sites (tertiary alicyclic amines) is 2. The van der Waals surface area contributed by atoms with E-state index in [1.807, 2.05) is 0 Å². The predicted octanol–water partition coefficient (Wildman–Crippen LogP) is 2.02.